The summed E-state index contributed by atoms with van der Waals surface area (Å²) in [5.41, 5.74) is 4.52. The molecule has 27 heavy (non-hydrogen) atoms. The highest BCUT2D eigenvalue weighted by atomic mass is 16.4. The van der Waals surface area contributed by atoms with E-state index in [0.717, 1.165) is 22.5 Å². The lowest BCUT2D eigenvalue weighted by Crippen LogP contribution is -2.19. The summed E-state index contributed by atoms with van der Waals surface area (Å²) in [7, 11) is 0. The average Bonchev–Trinajstić information content (AvgIpc) is 2.85. The molecule has 6 nitrogen and oxygen atoms in total. The van der Waals surface area contributed by atoms with Gasteiger partial charge >= 0.3 is 5.97 Å². The van der Waals surface area contributed by atoms with E-state index in [0.29, 0.717) is 17.9 Å². The van der Waals surface area contributed by atoms with Gasteiger partial charge in [0.25, 0.3) is 0 Å². The topological polar surface area (TPSA) is 90.1 Å². The fourth-order valence-electron chi connectivity index (χ4n) is 3.05. The predicted molar refractivity (Wildman–Crippen MR) is 101 cm³/mol. The molecule has 2 aromatic carbocycles. The first-order valence-corrected chi connectivity index (χ1v) is 8.29. The predicted octanol–water partition coefficient (Wildman–Crippen LogP) is 3.87. The quantitative estimate of drug-likeness (QED) is 0.768. The first-order valence-electron chi connectivity index (χ1n) is 8.29. The number of anilines is 2. The van der Waals surface area contributed by atoms with Crippen LogP contribution in [0, 0.1) is 11.3 Å². The third-order valence-electron chi connectivity index (χ3n) is 4.37. The number of carboxylic acids is 1. The zero-order chi connectivity index (χ0) is 18.8. The van der Waals surface area contributed by atoms with Crippen molar-refractivity contribution in [3.63, 3.8) is 0 Å². The lowest BCUT2D eigenvalue weighted by Gasteiger charge is -2.26. The van der Waals surface area contributed by atoms with Gasteiger partial charge in [0.1, 0.15) is 5.82 Å². The van der Waals surface area contributed by atoms with Crippen LogP contribution in [0.2, 0.25) is 0 Å². The van der Waals surface area contributed by atoms with Gasteiger partial charge in [-0.3, -0.25) is 0 Å². The van der Waals surface area contributed by atoms with Crippen LogP contribution in [0.4, 0.5) is 11.4 Å². The highest BCUT2D eigenvalue weighted by Crippen LogP contribution is 2.37. The highest BCUT2D eigenvalue weighted by molar-refractivity contribution is 5.89. The fourth-order valence-corrected chi connectivity index (χ4v) is 3.05. The molecule has 0 aliphatic carbocycles. The average molecular weight is 354 g/mol. The van der Waals surface area contributed by atoms with E-state index in [-0.39, 0.29) is 5.56 Å². The van der Waals surface area contributed by atoms with E-state index in [4.69, 9.17) is 5.11 Å². The number of nitrogens with zero attached hydrogens (tertiary/aromatic N) is 4. The Kier molecular flexibility index (Phi) is 4.11. The Balaban J connectivity index is 1.80. The Bertz CT molecular complexity index is 1100. The van der Waals surface area contributed by atoms with Crippen molar-refractivity contribution >= 4 is 29.5 Å². The Morgan fingerprint density at radius 1 is 1.04 bits per heavy atom. The van der Waals surface area contributed by atoms with Gasteiger partial charge in [-0.05, 0) is 35.4 Å². The van der Waals surface area contributed by atoms with E-state index < -0.39 is 5.97 Å². The zero-order valence-electron chi connectivity index (χ0n) is 14.2. The molecule has 1 N–H and O–H groups in total. The van der Waals surface area contributed by atoms with Crippen LogP contribution in [0.1, 0.15) is 32.9 Å². The number of rotatable bonds is 3. The normalized spacial score (nSPS) is 11.9. The Morgan fingerprint density at radius 2 is 1.74 bits per heavy atom. The maximum absolute atomic E-state index is 11.0. The minimum atomic E-state index is -1.06. The molecule has 2 heterocycles. The van der Waals surface area contributed by atoms with Crippen LogP contribution in [-0.2, 0) is 6.54 Å². The van der Waals surface area contributed by atoms with Crippen LogP contribution < -0.4 is 4.90 Å². The number of hydrogen-bond acceptors (Lipinski definition) is 5. The van der Waals surface area contributed by atoms with E-state index in [1.165, 1.54) is 12.4 Å². The van der Waals surface area contributed by atoms with Crippen LogP contribution in [0.25, 0.3) is 12.2 Å². The number of carboxylic acid groups (broad SMARTS) is 1. The van der Waals surface area contributed by atoms with Gasteiger partial charge in [-0.25, -0.2) is 14.8 Å². The van der Waals surface area contributed by atoms with Crippen LogP contribution in [0.5, 0.6) is 0 Å². The van der Waals surface area contributed by atoms with E-state index in [1.54, 1.807) is 6.07 Å². The van der Waals surface area contributed by atoms with Gasteiger partial charge < -0.3 is 10.0 Å². The van der Waals surface area contributed by atoms with Crippen molar-refractivity contribution in [2.45, 2.75) is 6.54 Å². The van der Waals surface area contributed by atoms with Crippen LogP contribution >= 0.6 is 0 Å². The lowest BCUT2D eigenvalue weighted by molar-refractivity contribution is 0.0696. The Morgan fingerprint density at radius 3 is 2.48 bits per heavy atom. The number of benzene rings is 2. The number of para-hydroxylation sites is 1. The molecule has 1 aliphatic heterocycles. The second kappa shape index (κ2) is 6.73. The highest BCUT2D eigenvalue weighted by Gasteiger charge is 2.19. The van der Waals surface area contributed by atoms with Gasteiger partial charge in [0, 0.05) is 23.8 Å². The first-order chi connectivity index (χ1) is 13.2. The monoisotopic (exact) mass is 354 g/mol. The number of nitriles is 1. The molecule has 0 fully saturated rings. The molecule has 0 unspecified atom stereocenters. The van der Waals surface area contributed by atoms with Crippen molar-refractivity contribution in [3.8, 4) is 6.07 Å². The van der Waals surface area contributed by atoms with Gasteiger partial charge in [-0.15, -0.1) is 0 Å². The molecule has 0 saturated heterocycles. The maximum Gasteiger partial charge on any atom is 0.338 e. The van der Waals surface area contributed by atoms with Crippen molar-refractivity contribution in [2.75, 3.05) is 4.90 Å². The van der Waals surface area contributed by atoms with Crippen LogP contribution in [0.3, 0.4) is 0 Å². The molecule has 130 valence electrons. The Hall–Kier alpha value is -3.98. The first kappa shape index (κ1) is 16.5. The molecule has 0 radical (unpaired) electrons. The molecule has 4 rings (SSSR count). The smallest absolute Gasteiger partial charge is 0.338 e. The van der Waals surface area contributed by atoms with Gasteiger partial charge in [0.05, 0.1) is 23.7 Å². The van der Waals surface area contributed by atoms with Crippen molar-refractivity contribution in [1.29, 1.82) is 5.26 Å². The van der Waals surface area contributed by atoms with Crippen molar-refractivity contribution in [2.24, 2.45) is 0 Å². The van der Waals surface area contributed by atoms with Gasteiger partial charge in [-0.2, -0.15) is 5.26 Å². The molecule has 0 amide bonds. The molecular formula is C21H14N4O2. The van der Waals surface area contributed by atoms with Crippen molar-refractivity contribution < 1.29 is 9.90 Å². The molecule has 3 aromatic rings. The molecule has 1 aliphatic rings. The molecule has 1 aromatic heterocycles. The van der Waals surface area contributed by atoms with E-state index >= 15 is 0 Å². The van der Waals surface area contributed by atoms with Crippen molar-refractivity contribution in [3.05, 3.63) is 82.9 Å². The summed E-state index contributed by atoms with van der Waals surface area (Å²) in [6.07, 6.45) is 6.63. The zero-order valence-corrected chi connectivity index (χ0v) is 14.2. The van der Waals surface area contributed by atoms with Gasteiger partial charge in [0.2, 0.25) is 0 Å². The third kappa shape index (κ3) is 3.14. The lowest BCUT2D eigenvalue weighted by atomic mass is 10.1. The number of carbonyl (C=O) groups is 1. The standard InChI is InChI=1S/C21H14N4O2/c22-10-14-5-8-19-16(9-14)7-6-15-3-1-2-4-18(15)25(19)13-20-23-11-17(12-24-20)21(26)27/h1-9,11-12H,13H2,(H,26,27). The summed E-state index contributed by atoms with van der Waals surface area (Å²) in [6.45, 7) is 0.373. The SMILES string of the molecule is N#Cc1ccc2c(c1)C=Cc1ccccc1N2Cc1ncc(C(=O)O)cn1. The molecule has 6 heteroatoms. The summed E-state index contributed by atoms with van der Waals surface area (Å²) in [6, 6.07) is 15.7. The van der Waals surface area contributed by atoms with Crippen LogP contribution in [-0.4, -0.2) is 21.0 Å². The molecule has 0 saturated carbocycles. The molecule has 0 atom stereocenters. The van der Waals surface area contributed by atoms with E-state index in [1.807, 2.05) is 48.6 Å². The van der Waals surface area contributed by atoms with E-state index in [9.17, 15) is 10.1 Å². The minimum absolute atomic E-state index is 0.0516. The summed E-state index contributed by atoms with van der Waals surface area (Å²) in [5.74, 6) is -0.549. The number of fused-ring (bicyclic) bond motifs is 2. The molecule has 0 bridgehead atoms. The number of aromatic carboxylic acids is 1. The van der Waals surface area contributed by atoms with Gasteiger partial charge in [-0.1, -0.05) is 30.4 Å². The van der Waals surface area contributed by atoms with Crippen molar-refractivity contribution in [1.82, 2.24) is 9.97 Å². The summed E-state index contributed by atoms with van der Waals surface area (Å²) >= 11 is 0. The maximum atomic E-state index is 11.0. The third-order valence-corrected chi connectivity index (χ3v) is 4.37. The van der Waals surface area contributed by atoms with E-state index in [2.05, 4.69) is 20.9 Å². The Labute approximate surface area is 155 Å². The minimum Gasteiger partial charge on any atom is -0.478 e. The summed E-state index contributed by atoms with van der Waals surface area (Å²) < 4.78 is 0. The summed E-state index contributed by atoms with van der Waals surface area (Å²) in [5, 5.41) is 18.2. The largest absolute Gasteiger partial charge is 0.478 e. The number of hydrogen-bond donors (Lipinski definition) is 1. The fraction of sp³-hybridized carbons (Fsp3) is 0.0476. The second-order valence-electron chi connectivity index (χ2n) is 6.06. The van der Waals surface area contributed by atoms with Crippen LogP contribution in [0.15, 0.2) is 54.9 Å². The van der Waals surface area contributed by atoms with Gasteiger partial charge in [0.15, 0.2) is 0 Å². The molecular weight excluding hydrogens is 340 g/mol. The second-order valence-corrected chi connectivity index (χ2v) is 6.06. The molecule has 0 spiro atoms. The number of aromatic nitrogens is 2. The summed E-state index contributed by atoms with van der Waals surface area (Å²) in [4.78, 5) is 21.5.